The van der Waals surface area contributed by atoms with Crippen molar-refractivity contribution in [2.24, 2.45) is 0 Å². The molecule has 3 aromatic carbocycles. The molecule has 0 atom stereocenters. The van der Waals surface area contributed by atoms with Gasteiger partial charge in [0.25, 0.3) is 0 Å². The molecule has 0 unspecified atom stereocenters. The Bertz CT molecular complexity index is 771. The molecule has 110 valence electrons. The van der Waals surface area contributed by atoms with Gasteiger partial charge in [-0.1, -0.05) is 48.5 Å². The molecule has 0 aliphatic rings. The van der Waals surface area contributed by atoms with Crippen LogP contribution in [0, 0.1) is 5.82 Å². The Morgan fingerprint density at radius 1 is 0.818 bits per heavy atom. The fourth-order valence-electron chi connectivity index (χ4n) is 2.30. The number of nitrogens with two attached hydrogens (primary N) is 1. The third-order valence-electron chi connectivity index (χ3n) is 3.40. The van der Waals surface area contributed by atoms with E-state index in [1.807, 2.05) is 42.5 Å². The standard InChI is InChI=1S/C19H16FNO/c20-16-10-11-19(17(21)13-16)22-18-9-5-4-8-15(18)12-14-6-2-1-3-7-14/h1-11,13H,12,21H2. The van der Waals surface area contributed by atoms with Gasteiger partial charge in [-0.15, -0.1) is 0 Å². The number of halogens is 1. The van der Waals surface area contributed by atoms with Crippen LogP contribution >= 0.6 is 0 Å². The van der Waals surface area contributed by atoms with Crippen molar-refractivity contribution in [3.63, 3.8) is 0 Å². The molecule has 0 saturated heterocycles. The smallest absolute Gasteiger partial charge is 0.150 e. The van der Waals surface area contributed by atoms with Crippen LogP contribution < -0.4 is 10.5 Å². The molecule has 3 heteroatoms. The summed E-state index contributed by atoms with van der Waals surface area (Å²) in [7, 11) is 0. The van der Waals surface area contributed by atoms with E-state index in [2.05, 4.69) is 12.1 Å². The van der Waals surface area contributed by atoms with E-state index in [4.69, 9.17) is 10.5 Å². The Morgan fingerprint density at radius 3 is 2.32 bits per heavy atom. The van der Waals surface area contributed by atoms with Crippen molar-refractivity contribution >= 4 is 5.69 Å². The van der Waals surface area contributed by atoms with Gasteiger partial charge >= 0.3 is 0 Å². The van der Waals surface area contributed by atoms with Gasteiger partial charge in [-0.2, -0.15) is 0 Å². The van der Waals surface area contributed by atoms with E-state index in [0.717, 1.165) is 17.7 Å². The molecule has 0 heterocycles. The molecule has 2 nitrogen and oxygen atoms in total. The number of para-hydroxylation sites is 1. The molecule has 0 bridgehead atoms. The number of hydrogen-bond acceptors (Lipinski definition) is 2. The minimum atomic E-state index is -0.373. The van der Waals surface area contributed by atoms with E-state index in [1.54, 1.807) is 6.07 Å². The second kappa shape index (κ2) is 6.31. The first kappa shape index (κ1) is 14.1. The van der Waals surface area contributed by atoms with E-state index in [9.17, 15) is 4.39 Å². The van der Waals surface area contributed by atoms with Crippen LogP contribution in [0.4, 0.5) is 10.1 Å². The molecule has 0 aromatic heterocycles. The fraction of sp³-hybridized carbons (Fsp3) is 0.0526. The van der Waals surface area contributed by atoms with Crippen molar-refractivity contribution in [2.45, 2.75) is 6.42 Å². The van der Waals surface area contributed by atoms with Gasteiger partial charge < -0.3 is 10.5 Å². The van der Waals surface area contributed by atoms with Gasteiger partial charge in [0.2, 0.25) is 0 Å². The van der Waals surface area contributed by atoms with Gasteiger partial charge in [-0.3, -0.25) is 0 Å². The minimum Gasteiger partial charge on any atom is -0.455 e. The first-order valence-corrected chi connectivity index (χ1v) is 7.07. The van der Waals surface area contributed by atoms with Crippen molar-refractivity contribution in [3.05, 3.63) is 89.7 Å². The molecule has 0 amide bonds. The van der Waals surface area contributed by atoms with Crippen LogP contribution in [-0.2, 0) is 6.42 Å². The van der Waals surface area contributed by atoms with Crippen molar-refractivity contribution in [3.8, 4) is 11.5 Å². The summed E-state index contributed by atoms with van der Waals surface area (Å²) in [5, 5.41) is 0. The van der Waals surface area contributed by atoms with Crippen LogP contribution in [0.1, 0.15) is 11.1 Å². The quantitative estimate of drug-likeness (QED) is 0.702. The Labute approximate surface area is 129 Å². The lowest BCUT2D eigenvalue weighted by molar-refractivity contribution is 0.478. The summed E-state index contributed by atoms with van der Waals surface area (Å²) >= 11 is 0. The predicted molar refractivity (Wildman–Crippen MR) is 86.6 cm³/mol. The molecule has 2 N–H and O–H groups in total. The average molecular weight is 293 g/mol. The molecule has 0 aliphatic carbocycles. The van der Waals surface area contributed by atoms with Crippen molar-refractivity contribution < 1.29 is 9.13 Å². The maximum atomic E-state index is 13.1. The number of anilines is 1. The van der Waals surface area contributed by atoms with Crippen LogP contribution in [0.25, 0.3) is 0 Å². The van der Waals surface area contributed by atoms with Crippen LogP contribution in [0.2, 0.25) is 0 Å². The van der Waals surface area contributed by atoms with E-state index in [-0.39, 0.29) is 11.5 Å². The topological polar surface area (TPSA) is 35.2 Å². The maximum absolute atomic E-state index is 13.1. The van der Waals surface area contributed by atoms with Crippen LogP contribution in [-0.4, -0.2) is 0 Å². The Balaban J connectivity index is 1.88. The highest BCUT2D eigenvalue weighted by Gasteiger charge is 2.08. The number of nitrogen functional groups attached to an aromatic ring is 1. The van der Waals surface area contributed by atoms with Gasteiger partial charge in [-0.25, -0.2) is 4.39 Å². The van der Waals surface area contributed by atoms with E-state index >= 15 is 0 Å². The number of hydrogen-bond donors (Lipinski definition) is 1. The molecule has 3 aromatic rings. The van der Waals surface area contributed by atoms with Crippen LogP contribution in [0.5, 0.6) is 11.5 Å². The van der Waals surface area contributed by atoms with Gasteiger partial charge in [0.1, 0.15) is 11.6 Å². The molecule has 0 radical (unpaired) electrons. The second-order valence-corrected chi connectivity index (χ2v) is 5.05. The SMILES string of the molecule is Nc1cc(F)ccc1Oc1ccccc1Cc1ccccc1. The summed E-state index contributed by atoms with van der Waals surface area (Å²) in [6, 6.07) is 22.1. The van der Waals surface area contributed by atoms with Crippen molar-refractivity contribution in [1.29, 1.82) is 0 Å². The zero-order valence-electron chi connectivity index (χ0n) is 12.0. The molecule has 0 fully saturated rings. The Morgan fingerprint density at radius 2 is 1.55 bits per heavy atom. The lowest BCUT2D eigenvalue weighted by atomic mass is 10.0. The highest BCUT2D eigenvalue weighted by Crippen LogP contribution is 2.31. The molecule has 3 rings (SSSR count). The Kier molecular flexibility index (Phi) is 4.05. The molecule has 0 aliphatic heterocycles. The number of rotatable bonds is 4. The second-order valence-electron chi connectivity index (χ2n) is 5.05. The minimum absolute atomic E-state index is 0.287. The average Bonchev–Trinajstić information content (AvgIpc) is 2.53. The largest absolute Gasteiger partial charge is 0.455 e. The normalized spacial score (nSPS) is 10.4. The lowest BCUT2D eigenvalue weighted by Crippen LogP contribution is -1.96. The highest BCUT2D eigenvalue weighted by molar-refractivity contribution is 5.54. The molecular weight excluding hydrogens is 277 g/mol. The van der Waals surface area contributed by atoms with Crippen LogP contribution in [0.3, 0.4) is 0 Å². The maximum Gasteiger partial charge on any atom is 0.150 e. The molecule has 0 spiro atoms. The zero-order valence-corrected chi connectivity index (χ0v) is 12.0. The summed E-state index contributed by atoms with van der Waals surface area (Å²) in [6.07, 6.45) is 0.762. The zero-order chi connectivity index (χ0) is 15.4. The van der Waals surface area contributed by atoms with Crippen LogP contribution in [0.15, 0.2) is 72.8 Å². The van der Waals surface area contributed by atoms with Gasteiger partial charge in [0.15, 0.2) is 5.75 Å². The predicted octanol–water partition coefficient (Wildman–Crippen LogP) is 4.79. The van der Waals surface area contributed by atoms with Gasteiger partial charge in [-0.05, 0) is 29.3 Å². The summed E-state index contributed by atoms with van der Waals surface area (Å²) in [6.45, 7) is 0. The van der Waals surface area contributed by atoms with Gasteiger partial charge in [0, 0.05) is 12.5 Å². The van der Waals surface area contributed by atoms with E-state index < -0.39 is 0 Å². The Hall–Kier alpha value is -2.81. The summed E-state index contributed by atoms with van der Waals surface area (Å²) in [5.74, 6) is 0.814. The monoisotopic (exact) mass is 293 g/mol. The first-order valence-electron chi connectivity index (χ1n) is 7.07. The lowest BCUT2D eigenvalue weighted by Gasteiger charge is -2.13. The van der Waals surface area contributed by atoms with Crippen molar-refractivity contribution in [1.82, 2.24) is 0 Å². The number of benzene rings is 3. The van der Waals surface area contributed by atoms with Crippen molar-refractivity contribution in [2.75, 3.05) is 5.73 Å². The molecule has 0 saturated carbocycles. The summed E-state index contributed by atoms with van der Waals surface area (Å²) < 4.78 is 19.0. The number of ether oxygens (including phenoxy) is 1. The third kappa shape index (κ3) is 3.26. The highest BCUT2D eigenvalue weighted by atomic mass is 19.1. The first-order chi connectivity index (χ1) is 10.7. The molecule has 22 heavy (non-hydrogen) atoms. The van der Waals surface area contributed by atoms with E-state index in [0.29, 0.717) is 5.75 Å². The van der Waals surface area contributed by atoms with E-state index in [1.165, 1.54) is 17.7 Å². The fourth-order valence-corrected chi connectivity index (χ4v) is 2.30. The molecular formula is C19H16FNO. The van der Waals surface area contributed by atoms with Gasteiger partial charge in [0.05, 0.1) is 5.69 Å². The third-order valence-corrected chi connectivity index (χ3v) is 3.40. The summed E-state index contributed by atoms with van der Waals surface area (Å²) in [5.41, 5.74) is 8.35. The summed E-state index contributed by atoms with van der Waals surface area (Å²) in [4.78, 5) is 0.